The third-order valence-electron chi connectivity index (χ3n) is 2.93. The van der Waals surface area contributed by atoms with Gasteiger partial charge in [-0.1, -0.05) is 12.8 Å². The maximum Gasteiger partial charge on any atom is 0.173 e. The molecule has 0 rings (SSSR count). The summed E-state index contributed by atoms with van der Waals surface area (Å²) in [6.07, 6.45) is 3.95. The molecule has 0 aromatic carbocycles. The molecule has 2 N–H and O–H groups in total. The van der Waals surface area contributed by atoms with Crippen LogP contribution in [0, 0.1) is 0 Å². The van der Waals surface area contributed by atoms with Crippen molar-refractivity contribution in [1.82, 2.24) is 0 Å². The van der Waals surface area contributed by atoms with Crippen molar-refractivity contribution < 1.29 is 14.3 Å². The van der Waals surface area contributed by atoms with Gasteiger partial charge in [-0.15, -0.1) is 0 Å². The molecular weight excluding hydrogens is 248 g/mol. The maximum absolute atomic E-state index is 8.80. The summed E-state index contributed by atoms with van der Waals surface area (Å²) in [5.74, 6) is 0. The molecule has 5 heteroatoms. The van der Waals surface area contributed by atoms with E-state index in [4.69, 9.17) is 14.3 Å². The van der Waals surface area contributed by atoms with Crippen molar-refractivity contribution in [2.45, 2.75) is 64.0 Å². The number of hydrogen-bond donors (Lipinski definition) is 2. The minimum atomic E-state index is -1.55. The molecule has 0 heterocycles. The van der Waals surface area contributed by atoms with Crippen molar-refractivity contribution in [2.24, 2.45) is 0 Å². The van der Waals surface area contributed by atoms with Gasteiger partial charge in [-0.25, -0.2) is 0 Å². The van der Waals surface area contributed by atoms with Crippen molar-refractivity contribution in [3.63, 3.8) is 0 Å². The van der Waals surface area contributed by atoms with Crippen LogP contribution in [-0.4, -0.2) is 40.1 Å². The molecule has 0 aromatic rings. The zero-order chi connectivity index (χ0) is 13.4. The van der Waals surface area contributed by atoms with Crippen molar-refractivity contribution in [2.75, 3.05) is 13.2 Å². The predicted molar refractivity (Wildman–Crippen MR) is 78.3 cm³/mol. The molecule has 0 saturated carbocycles. The van der Waals surface area contributed by atoms with Gasteiger partial charge in [0.1, 0.15) is 0 Å². The first-order valence-corrected chi connectivity index (χ1v) is 13.0. The van der Waals surface area contributed by atoms with E-state index in [0.29, 0.717) is 13.2 Å². The van der Waals surface area contributed by atoms with Crippen LogP contribution in [0.25, 0.3) is 0 Å². The average molecular weight is 279 g/mol. The topological polar surface area (TPSA) is 49.7 Å². The fourth-order valence-electron chi connectivity index (χ4n) is 2.18. The Hall–Kier alpha value is 0.314. The minimum Gasteiger partial charge on any atom is -0.455 e. The second kappa shape index (κ2) is 8.42. The summed E-state index contributed by atoms with van der Waals surface area (Å²) < 4.78 is 6.43. The summed E-state index contributed by atoms with van der Waals surface area (Å²) in [6.45, 7) is 9.72. The molecule has 3 nitrogen and oxygen atoms in total. The van der Waals surface area contributed by atoms with Crippen molar-refractivity contribution in [1.29, 1.82) is 0 Å². The smallest absolute Gasteiger partial charge is 0.173 e. The van der Waals surface area contributed by atoms with E-state index in [1.54, 1.807) is 0 Å². The normalized spacial score (nSPS) is 13.1. The van der Waals surface area contributed by atoms with Gasteiger partial charge in [-0.05, 0) is 51.1 Å². The lowest BCUT2D eigenvalue weighted by Crippen LogP contribution is -2.44. The molecule has 0 fully saturated rings. The molecular formula is C12H30O3Si2. The van der Waals surface area contributed by atoms with Crippen LogP contribution in [0.1, 0.15) is 25.7 Å². The van der Waals surface area contributed by atoms with Crippen molar-refractivity contribution >= 4 is 16.6 Å². The van der Waals surface area contributed by atoms with Gasteiger partial charge < -0.3 is 14.3 Å². The molecule has 0 amide bonds. The third kappa shape index (κ3) is 9.97. The number of unbranched alkanes of at least 4 members (excludes halogenated alkanes) is 2. The lowest BCUT2D eigenvalue weighted by molar-refractivity contribution is 0.286. The molecule has 0 unspecified atom stereocenters. The fourth-order valence-corrected chi connectivity index (χ4v) is 11.2. The Labute approximate surface area is 108 Å². The molecule has 0 bridgehead atoms. The lowest BCUT2D eigenvalue weighted by Gasteiger charge is -2.34. The van der Waals surface area contributed by atoms with Gasteiger partial charge in [0.25, 0.3) is 0 Å². The van der Waals surface area contributed by atoms with Crippen LogP contribution >= 0.6 is 0 Å². The van der Waals surface area contributed by atoms with Crippen LogP contribution in [0.4, 0.5) is 0 Å². The van der Waals surface area contributed by atoms with Gasteiger partial charge in [0.15, 0.2) is 16.6 Å². The molecule has 0 radical (unpaired) electrons. The summed E-state index contributed by atoms with van der Waals surface area (Å²) >= 11 is 0. The summed E-state index contributed by atoms with van der Waals surface area (Å²) in [4.78, 5) is 0. The van der Waals surface area contributed by atoms with E-state index < -0.39 is 16.6 Å². The largest absolute Gasteiger partial charge is 0.455 e. The lowest BCUT2D eigenvalue weighted by atomic mass is 10.4. The number of hydrogen-bond acceptors (Lipinski definition) is 3. The van der Waals surface area contributed by atoms with Crippen LogP contribution < -0.4 is 0 Å². The number of aliphatic hydroxyl groups is 2. The quantitative estimate of drug-likeness (QED) is 0.477. The van der Waals surface area contributed by atoms with Gasteiger partial charge in [0, 0.05) is 13.2 Å². The Kier molecular flexibility index (Phi) is 8.58. The van der Waals surface area contributed by atoms with Crippen molar-refractivity contribution in [3.8, 4) is 0 Å². The maximum atomic E-state index is 8.80. The van der Waals surface area contributed by atoms with Gasteiger partial charge in [-0.3, -0.25) is 0 Å². The van der Waals surface area contributed by atoms with Gasteiger partial charge in [0.2, 0.25) is 0 Å². The second-order valence-corrected chi connectivity index (χ2v) is 14.8. The molecule has 0 aliphatic rings. The highest BCUT2D eigenvalue weighted by molar-refractivity contribution is 6.84. The molecule has 0 aliphatic carbocycles. The van der Waals surface area contributed by atoms with E-state index in [1.807, 2.05) is 0 Å². The minimum absolute atomic E-state index is 0.293. The van der Waals surface area contributed by atoms with Crippen LogP contribution in [0.2, 0.25) is 38.3 Å². The van der Waals surface area contributed by atoms with E-state index in [0.717, 1.165) is 37.8 Å². The molecule has 0 saturated heterocycles. The average Bonchev–Trinajstić information content (AvgIpc) is 2.16. The number of rotatable bonds is 10. The first-order chi connectivity index (χ1) is 7.83. The van der Waals surface area contributed by atoms with Gasteiger partial charge in [0.05, 0.1) is 0 Å². The SMILES string of the molecule is C[Si](C)(CCCCO)O[Si](C)(C)CCCCO. The Morgan fingerprint density at radius 2 is 1.06 bits per heavy atom. The van der Waals surface area contributed by atoms with Crippen molar-refractivity contribution in [3.05, 3.63) is 0 Å². The summed E-state index contributed by atoms with van der Waals surface area (Å²) in [6, 6.07) is 2.29. The molecule has 0 atom stereocenters. The third-order valence-corrected chi connectivity index (χ3v) is 10.5. The van der Waals surface area contributed by atoms with E-state index in [2.05, 4.69) is 26.2 Å². The summed E-state index contributed by atoms with van der Waals surface area (Å²) in [7, 11) is -3.10. The highest BCUT2D eigenvalue weighted by Crippen LogP contribution is 2.24. The zero-order valence-corrected chi connectivity index (χ0v) is 14.0. The Morgan fingerprint density at radius 1 is 0.706 bits per heavy atom. The zero-order valence-electron chi connectivity index (χ0n) is 12.0. The van der Waals surface area contributed by atoms with Gasteiger partial charge >= 0.3 is 0 Å². The van der Waals surface area contributed by atoms with E-state index in [-0.39, 0.29) is 0 Å². The molecule has 17 heavy (non-hydrogen) atoms. The van der Waals surface area contributed by atoms with Crippen LogP contribution in [-0.2, 0) is 4.12 Å². The van der Waals surface area contributed by atoms with E-state index >= 15 is 0 Å². The fraction of sp³-hybridized carbons (Fsp3) is 1.00. The summed E-state index contributed by atoms with van der Waals surface area (Å²) in [5.41, 5.74) is 0. The number of aliphatic hydroxyl groups excluding tert-OH is 2. The molecule has 0 aliphatic heterocycles. The highest BCUT2D eigenvalue weighted by Gasteiger charge is 2.31. The van der Waals surface area contributed by atoms with Crippen LogP contribution in [0.15, 0.2) is 0 Å². The first kappa shape index (κ1) is 17.3. The van der Waals surface area contributed by atoms with Gasteiger partial charge in [-0.2, -0.15) is 0 Å². The molecule has 0 aromatic heterocycles. The Balaban J connectivity index is 3.99. The standard InChI is InChI=1S/C12H30O3Si2/c1-16(2,11-7-5-9-13)15-17(3,4)12-8-6-10-14/h13-14H,5-12H2,1-4H3. The van der Waals surface area contributed by atoms with Crippen LogP contribution in [0.5, 0.6) is 0 Å². The summed E-state index contributed by atoms with van der Waals surface area (Å²) in [5, 5.41) is 17.6. The molecule has 104 valence electrons. The Morgan fingerprint density at radius 3 is 1.35 bits per heavy atom. The monoisotopic (exact) mass is 278 g/mol. The predicted octanol–water partition coefficient (Wildman–Crippen LogP) is 2.96. The Bertz CT molecular complexity index is 176. The van der Waals surface area contributed by atoms with Crippen LogP contribution in [0.3, 0.4) is 0 Å². The van der Waals surface area contributed by atoms with E-state index in [1.165, 1.54) is 0 Å². The first-order valence-electron chi connectivity index (χ1n) is 6.75. The molecule has 0 spiro atoms. The second-order valence-electron chi connectivity index (χ2n) is 5.98. The van der Waals surface area contributed by atoms with E-state index in [9.17, 15) is 0 Å². The highest BCUT2D eigenvalue weighted by atomic mass is 28.4.